The summed E-state index contributed by atoms with van der Waals surface area (Å²) in [5.74, 6) is 5.38. The number of carboxylic acid groups (broad SMARTS) is 1. The molecule has 0 fully saturated rings. The van der Waals surface area contributed by atoms with Crippen molar-refractivity contribution >= 4 is 6.09 Å². The van der Waals surface area contributed by atoms with Crippen molar-refractivity contribution in [1.82, 2.24) is 5.32 Å². The molecule has 17 heavy (non-hydrogen) atoms. The number of hydrogen-bond donors (Lipinski definition) is 4. The molecule has 0 heterocycles. The van der Waals surface area contributed by atoms with Crippen LogP contribution in [0, 0.1) is 11.8 Å². The van der Waals surface area contributed by atoms with E-state index in [2.05, 4.69) is 17.2 Å². The summed E-state index contributed by atoms with van der Waals surface area (Å²) in [7, 11) is 0. The Bertz CT molecular complexity index is 437. The molecular weight excluding hydrogens is 222 g/mol. The van der Waals surface area contributed by atoms with Gasteiger partial charge in [0.2, 0.25) is 0 Å². The first-order chi connectivity index (χ1) is 8.15. The summed E-state index contributed by atoms with van der Waals surface area (Å²) in [5.41, 5.74) is 1.95. The second-order valence-electron chi connectivity index (χ2n) is 3.31. The number of aliphatic hydroxyl groups is 2. The minimum Gasteiger partial charge on any atom is -0.465 e. The van der Waals surface area contributed by atoms with Crippen LogP contribution in [0.4, 0.5) is 4.79 Å². The Morgan fingerprint density at radius 2 is 1.76 bits per heavy atom. The second kappa shape index (κ2) is 6.53. The first-order valence-electron chi connectivity index (χ1n) is 4.96. The highest BCUT2D eigenvalue weighted by Crippen LogP contribution is 2.09. The van der Waals surface area contributed by atoms with Gasteiger partial charge >= 0.3 is 6.09 Å². The molecule has 0 aliphatic rings. The second-order valence-corrected chi connectivity index (χ2v) is 3.31. The van der Waals surface area contributed by atoms with Crippen LogP contribution < -0.4 is 5.32 Å². The smallest absolute Gasteiger partial charge is 0.405 e. The van der Waals surface area contributed by atoms with Crippen LogP contribution >= 0.6 is 0 Å². The van der Waals surface area contributed by atoms with Crippen LogP contribution in [0.25, 0.3) is 0 Å². The molecule has 0 saturated heterocycles. The van der Waals surface area contributed by atoms with Gasteiger partial charge in [-0.05, 0) is 23.3 Å². The molecule has 0 bridgehead atoms. The van der Waals surface area contributed by atoms with Gasteiger partial charge in [-0.3, -0.25) is 0 Å². The van der Waals surface area contributed by atoms with Gasteiger partial charge in [0.15, 0.2) is 0 Å². The van der Waals surface area contributed by atoms with Crippen molar-refractivity contribution in [3.63, 3.8) is 0 Å². The highest BCUT2D eigenvalue weighted by Gasteiger charge is 1.98. The summed E-state index contributed by atoms with van der Waals surface area (Å²) in [6.45, 7) is -0.223. The van der Waals surface area contributed by atoms with Crippen molar-refractivity contribution < 1.29 is 20.1 Å². The largest absolute Gasteiger partial charge is 0.465 e. The van der Waals surface area contributed by atoms with Crippen molar-refractivity contribution in [3.05, 3.63) is 34.9 Å². The third-order valence-corrected chi connectivity index (χ3v) is 1.98. The van der Waals surface area contributed by atoms with E-state index < -0.39 is 6.09 Å². The zero-order chi connectivity index (χ0) is 12.7. The Hall–Kier alpha value is -2.03. The number of amides is 1. The number of carbonyl (C=O) groups is 1. The summed E-state index contributed by atoms with van der Waals surface area (Å²) in [6.07, 6.45) is -1.13. The van der Waals surface area contributed by atoms with E-state index in [1.165, 1.54) is 0 Å². The van der Waals surface area contributed by atoms with E-state index in [0.717, 1.165) is 0 Å². The van der Waals surface area contributed by atoms with Crippen LogP contribution in [0.5, 0.6) is 0 Å². The van der Waals surface area contributed by atoms with E-state index in [1.807, 2.05) is 0 Å². The fourth-order valence-electron chi connectivity index (χ4n) is 1.28. The van der Waals surface area contributed by atoms with Crippen molar-refractivity contribution in [2.24, 2.45) is 0 Å². The molecule has 0 aromatic heterocycles. The molecule has 0 unspecified atom stereocenters. The van der Waals surface area contributed by atoms with Crippen molar-refractivity contribution in [2.45, 2.75) is 13.2 Å². The first-order valence-corrected chi connectivity index (χ1v) is 4.96. The summed E-state index contributed by atoms with van der Waals surface area (Å²) >= 11 is 0. The van der Waals surface area contributed by atoms with Crippen LogP contribution in [0.2, 0.25) is 0 Å². The molecule has 1 rings (SSSR count). The Kier molecular flexibility index (Phi) is 5.01. The summed E-state index contributed by atoms with van der Waals surface area (Å²) in [5, 5.41) is 28.5. The Morgan fingerprint density at radius 1 is 1.18 bits per heavy atom. The van der Waals surface area contributed by atoms with Gasteiger partial charge in [-0.15, -0.1) is 0 Å². The highest BCUT2D eigenvalue weighted by molar-refractivity contribution is 5.64. The number of hydrogen-bond acceptors (Lipinski definition) is 3. The number of benzene rings is 1. The van der Waals surface area contributed by atoms with Crippen molar-refractivity contribution in [2.75, 3.05) is 6.54 Å². The maximum atomic E-state index is 10.2. The van der Waals surface area contributed by atoms with Crippen LogP contribution in [-0.4, -0.2) is 28.0 Å². The van der Waals surface area contributed by atoms with E-state index >= 15 is 0 Å². The first kappa shape index (κ1) is 13.0. The number of nitrogens with one attached hydrogen (secondary N) is 1. The van der Waals surface area contributed by atoms with Crippen LogP contribution in [0.15, 0.2) is 18.2 Å². The van der Waals surface area contributed by atoms with Gasteiger partial charge in [0.25, 0.3) is 0 Å². The monoisotopic (exact) mass is 235 g/mol. The molecule has 90 valence electrons. The van der Waals surface area contributed by atoms with Crippen molar-refractivity contribution in [3.8, 4) is 11.8 Å². The molecule has 0 aliphatic heterocycles. The predicted octanol–water partition coefficient (Wildman–Crippen LogP) is 0.290. The van der Waals surface area contributed by atoms with Gasteiger partial charge in [-0.1, -0.05) is 17.9 Å². The standard InChI is InChI=1S/C12H13NO4/c14-7-10-4-9(5-11(6-10)8-15)2-1-3-13-12(16)17/h4-6,13-15H,3,7-8H2,(H,16,17). The molecule has 0 spiro atoms. The molecule has 4 N–H and O–H groups in total. The third kappa shape index (κ3) is 4.55. The Morgan fingerprint density at radius 3 is 2.24 bits per heavy atom. The summed E-state index contributed by atoms with van der Waals surface area (Å²) in [4.78, 5) is 10.2. The van der Waals surface area contributed by atoms with Gasteiger partial charge < -0.3 is 20.6 Å². The van der Waals surface area contributed by atoms with E-state index in [1.54, 1.807) is 18.2 Å². The van der Waals surface area contributed by atoms with E-state index in [4.69, 9.17) is 15.3 Å². The van der Waals surface area contributed by atoms with Crippen LogP contribution in [0.1, 0.15) is 16.7 Å². The van der Waals surface area contributed by atoms with Crippen LogP contribution in [-0.2, 0) is 13.2 Å². The lowest BCUT2D eigenvalue weighted by atomic mass is 10.1. The zero-order valence-corrected chi connectivity index (χ0v) is 9.10. The minimum atomic E-state index is -1.13. The number of rotatable bonds is 3. The van der Waals surface area contributed by atoms with E-state index in [0.29, 0.717) is 16.7 Å². The predicted molar refractivity (Wildman–Crippen MR) is 61.2 cm³/mol. The molecular formula is C12H13NO4. The van der Waals surface area contributed by atoms with Crippen LogP contribution in [0.3, 0.4) is 0 Å². The maximum absolute atomic E-state index is 10.2. The fourth-order valence-corrected chi connectivity index (χ4v) is 1.28. The molecule has 1 amide bonds. The van der Waals surface area contributed by atoms with Gasteiger partial charge in [-0.25, -0.2) is 4.79 Å². The molecule has 1 aromatic carbocycles. The maximum Gasteiger partial charge on any atom is 0.405 e. The van der Waals surface area contributed by atoms with E-state index in [9.17, 15) is 4.79 Å². The molecule has 0 saturated carbocycles. The lowest BCUT2D eigenvalue weighted by Crippen LogP contribution is -2.20. The SMILES string of the molecule is O=C(O)NCC#Cc1cc(CO)cc(CO)c1. The average Bonchev–Trinajstić information content (AvgIpc) is 2.34. The fraction of sp³-hybridized carbons (Fsp3) is 0.250. The normalized spacial score (nSPS) is 9.29. The summed E-state index contributed by atoms with van der Waals surface area (Å²) < 4.78 is 0. The summed E-state index contributed by atoms with van der Waals surface area (Å²) in [6, 6.07) is 5.06. The van der Waals surface area contributed by atoms with E-state index in [-0.39, 0.29) is 19.8 Å². The molecule has 0 atom stereocenters. The minimum absolute atomic E-state index is 0.0349. The van der Waals surface area contributed by atoms with Gasteiger partial charge in [0.05, 0.1) is 19.8 Å². The zero-order valence-electron chi connectivity index (χ0n) is 9.10. The molecule has 0 radical (unpaired) electrons. The molecule has 5 heteroatoms. The van der Waals surface area contributed by atoms with Crippen molar-refractivity contribution in [1.29, 1.82) is 0 Å². The Balaban J connectivity index is 2.79. The number of aliphatic hydroxyl groups excluding tert-OH is 2. The molecule has 5 nitrogen and oxygen atoms in total. The lowest BCUT2D eigenvalue weighted by Gasteiger charge is -2.02. The third-order valence-electron chi connectivity index (χ3n) is 1.98. The molecule has 1 aromatic rings. The molecule has 0 aliphatic carbocycles. The average molecular weight is 235 g/mol. The lowest BCUT2D eigenvalue weighted by molar-refractivity contribution is 0.196. The quantitative estimate of drug-likeness (QED) is 0.567. The topological polar surface area (TPSA) is 89.8 Å². The Labute approximate surface area is 98.7 Å². The highest BCUT2D eigenvalue weighted by atomic mass is 16.4. The van der Waals surface area contributed by atoms with Gasteiger partial charge in [-0.2, -0.15) is 0 Å². The van der Waals surface area contributed by atoms with Gasteiger partial charge in [0.1, 0.15) is 0 Å². The van der Waals surface area contributed by atoms with Gasteiger partial charge in [0, 0.05) is 5.56 Å².